The van der Waals surface area contributed by atoms with Crippen molar-refractivity contribution in [1.82, 2.24) is 20.1 Å². The molecule has 3 heterocycles. The van der Waals surface area contributed by atoms with Gasteiger partial charge in [0.25, 0.3) is 0 Å². The lowest BCUT2D eigenvalue weighted by Crippen LogP contribution is -2.44. The fraction of sp³-hybridized carbons (Fsp3) is 0.423. The molecule has 34 heavy (non-hydrogen) atoms. The molecule has 0 saturated carbocycles. The molecule has 0 spiro atoms. The summed E-state index contributed by atoms with van der Waals surface area (Å²) in [5.74, 6) is -0.709. The van der Waals surface area contributed by atoms with Crippen LogP contribution in [0.4, 0.5) is 0 Å². The molecular formula is C26H30N4O3S. The zero-order chi connectivity index (χ0) is 24.2. The maximum atomic E-state index is 13.5. The number of hydrogen-bond acceptors (Lipinski definition) is 7. The summed E-state index contributed by atoms with van der Waals surface area (Å²) >= 11 is 1.61. The summed E-state index contributed by atoms with van der Waals surface area (Å²) in [6.07, 6.45) is 2.06. The molecule has 0 unspecified atom stereocenters. The van der Waals surface area contributed by atoms with Crippen LogP contribution in [0, 0.1) is 12.8 Å². The molecule has 1 fully saturated rings. The normalized spacial score (nSPS) is 18.9. The monoisotopic (exact) mass is 478 g/mol. The Kier molecular flexibility index (Phi) is 7.48. The highest BCUT2D eigenvalue weighted by Gasteiger charge is 2.42. The third-order valence-corrected chi connectivity index (χ3v) is 7.38. The van der Waals surface area contributed by atoms with E-state index in [0.29, 0.717) is 18.5 Å². The minimum atomic E-state index is -0.700. The van der Waals surface area contributed by atoms with E-state index >= 15 is 0 Å². The number of β-amino-alcohol motifs (C(OH)–C–C–N with tert-alkyl or cyclic N) is 1. The third-order valence-electron chi connectivity index (χ3n) is 6.40. The molecule has 1 amide bonds. The number of rotatable bonds is 8. The van der Waals surface area contributed by atoms with Gasteiger partial charge in [-0.2, -0.15) is 10.2 Å². The van der Waals surface area contributed by atoms with E-state index in [-0.39, 0.29) is 30.6 Å². The molecule has 3 aromatic rings. The third kappa shape index (κ3) is 5.23. The van der Waals surface area contributed by atoms with E-state index in [2.05, 4.69) is 27.3 Å². The number of aryl methyl sites for hydroxylation is 2. The van der Waals surface area contributed by atoms with Gasteiger partial charge in [-0.15, -0.1) is 11.3 Å². The average Bonchev–Trinajstić information content (AvgIpc) is 3.44. The molecule has 1 aliphatic rings. The highest BCUT2D eigenvalue weighted by Crippen LogP contribution is 2.31. The predicted octanol–water partition coefficient (Wildman–Crippen LogP) is 3.81. The number of Topliss-reactive ketones (excluding diaryl/α,β-unsaturated/α-hetero) is 1. The van der Waals surface area contributed by atoms with Crippen molar-refractivity contribution < 1.29 is 14.7 Å². The lowest BCUT2D eigenvalue weighted by molar-refractivity contribution is -0.139. The Morgan fingerprint density at radius 1 is 1.21 bits per heavy atom. The Morgan fingerprint density at radius 2 is 1.97 bits per heavy atom. The van der Waals surface area contributed by atoms with Gasteiger partial charge in [-0.05, 0) is 42.5 Å². The van der Waals surface area contributed by atoms with Gasteiger partial charge < -0.3 is 10.0 Å². The minimum Gasteiger partial charge on any atom is -0.391 e. The summed E-state index contributed by atoms with van der Waals surface area (Å²) in [7, 11) is 0. The SMILES string of the molecule is Cc1ncsc1-c1ccc(CCC(=O)[C@@H]2C[C@@H](O)CN2C(=O)[C@@H](c2cccnn2)C(C)C)cc1. The first-order chi connectivity index (χ1) is 16.3. The standard InChI is InChI=1S/C26H30N4O3S/c1-16(2)24(21-5-4-12-28-29-21)26(33)30-14-20(31)13-22(30)23(32)11-8-18-6-9-19(10-7-18)25-17(3)27-15-34-25/h4-7,9-10,12,15-16,20,22,24,31H,8,11,13-14H2,1-3H3/t20-,22+,24-/m1/s1. The van der Waals surface area contributed by atoms with Crippen molar-refractivity contribution in [3.63, 3.8) is 0 Å². The van der Waals surface area contributed by atoms with Crippen LogP contribution in [-0.2, 0) is 16.0 Å². The number of ketones is 1. The lowest BCUT2D eigenvalue weighted by Gasteiger charge is -2.29. The van der Waals surface area contributed by atoms with E-state index in [9.17, 15) is 14.7 Å². The maximum absolute atomic E-state index is 13.5. The van der Waals surface area contributed by atoms with Gasteiger partial charge in [0.05, 0.1) is 39.8 Å². The second-order valence-corrected chi connectivity index (χ2v) is 10.1. The smallest absolute Gasteiger partial charge is 0.232 e. The quantitative estimate of drug-likeness (QED) is 0.529. The molecule has 0 aliphatic carbocycles. The lowest BCUT2D eigenvalue weighted by atomic mass is 9.90. The maximum Gasteiger partial charge on any atom is 0.232 e. The van der Waals surface area contributed by atoms with Crippen LogP contribution in [0.5, 0.6) is 0 Å². The summed E-state index contributed by atoms with van der Waals surface area (Å²) in [5.41, 5.74) is 5.63. The Morgan fingerprint density at radius 3 is 2.59 bits per heavy atom. The molecule has 3 atom stereocenters. The van der Waals surface area contributed by atoms with Crippen molar-refractivity contribution >= 4 is 23.0 Å². The first-order valence-corrected chi connectivity index (χ1v) is 12.5. The number of benzene rings is 1. The van der Waals surface area contributed by atoms with Crippen LogP contribution in [0.15, 0.2) is 48.1 Å². The van der Waals surface area contributed by atoms with E-state index in [1.54, 1.807) is 34.6 Å². The van der Waals surface area contributed by atoms with Crippen molar-refractivity contribution in [2.45, 2.75) is 58.1 Å². The summed E-state index contributed by atoms with van der Waals surface area (Å²) in [4.78, 5) is 33.7. The van der Waals surface area contributed by atoms with Crippen LogP contribution in [0.2, 0.25) is 0 Å². The molecule has 178 valence electrons. The second kappa shape index (κ2) is 10.5. The number of carbonyl (C=O) groups is 2. The molecule has 1 aromatic carbocycles. The van der Waals surface area contributed by atoms with Crippen molar-refractivity contribution in [1.29, 1.82) is 0 Å². The first-order valence-electron chi connectivity index (χ1n) is 11.6. The van der Waals surface area contributed by atoms with Crippen LogP contribution in [0.1, 0.15) is 49.6 Å². The number of thiazole rings is 1. The van der Waals surface area contributed by atoms with Crippen LogP contribution >= 0.6 is 11.3 Å². The summed E-state index contributed by atoms with van der Waals surface area (Å²) in [6, 6.07) is 11.1. The molecule has 8 heteroatoms. The van der Waals surface area contributed by atoms with Crippen molar-refractivity contribution in [3.8, 4) is 10.4 Å². The van der Waals surface area contributed by atoms with Crippen molar-refractivity contribution in [3.05, 3.63) is 65.1 Å². The highest BCUT2D eigenvalue weighted by atomic mass is 32.1. The number of aromatic nitrogens is 3. The summed E-state index contributed by atoms with van der Waals surface area (Å²) in [5, 5.41) is 18.4. The molecular weight excluding hydrogens is 448 g/mol. The Labute approximate surface area is 203 Å². The van der Waals surface area contributed by atoms with Gasteiger partial charge in [0.2, 0.25) is 5.91 Å². The Hall–Kier alpha value is -2.97. The molecule has 2 aromatic heterocycles. The van der Waals surface area contributed by atoms with E-state index in [4.69, 9.17) is 0 Å². The number of amides is 1. The van der Waals surface area contributed by atoms with E-state index in [1.807, 2.05) is 38.4 Å². The van der Waals surface area contributed by atoms with Crippen LogP contribution in [-0.4, -0.2) is 55.6 Å². The van der Waals surface area contributed by atoms with Crippen LogP contribution in [0.3, 0.4) is 0 Å². The van der Waals surface area contributed by atoms with Crippen LogP contribution in [0.25, 0.3) is 10.4 Å². The van der Waals surface area contributed by atoms with Gasteiger partial charge in [-0.1, -0.05) is 38.1 Å². The van der Waals surface area contributed by atoms with Gasteiger partial charge in [0, 0.05) is 25.6 Å². The van der Waals surface area contributed by atoms with Crippen molar-refractivity contribution in [2.24, 2.45) is 5.92 Å². The van der Waals surface area contributed by atoms with Gasteiger partial charge in [0.1, 0.15) is 0 Å². The van der Waals surface area contributed by atoms with E-state index in [0.717, 1.165) is 21.7 Å². The zero-order valence-electron chi connectivity index (χ0n) is 19.7. The number of aliphatic hydroxyl groups is 1. The van der Waals surface area contributed by atoms with Gasteiger partial charge >= 0.3 is 0 Å². The van der Waals surface area contributed by atoms with Gasteiger partial charge in [-0.3, -0.25) is 9.59 Å². The Bertz CT molecular complexity index is 1130. The van der Waals surface area contributed by atoms with Crippen LogP contribution < -0.4 is 0 Å². The topological polar surface area (TPSA) is 96.3 Å². The number of likely N-dealkylation sites (tertiary alicyclic amines) is 1. The summed E-state index contributed by atoms with van der Waals surface area (Å²) in [6.45, 7) is 6.08. The molecule has 1 saturated heterocycles. The Balaban J connectivity index is 1.43. The zero-order valence-corrected chi connectivity index (χ0v) is 20.5. The first kappa shape index (κ1) is 24.2. The molecule has 7 nitrogen and oxygen atoms in total. The number of carbonyl (C=O) groups excluding carboxylic acids is 2. The minimum absolute atomic E-state index is 0.0154. The molecule has 0 radical (unpaired) electrons. The summed E-state index contributed by atoms with van der Waals surface area (Å²) < 4.78 is 0. The van der Waals surface area contributed by atoms with E-state index < -0.39 is 18.1 Å². The fourth-order valence-electron chi connectivity index (χ4n) is 4.61. The number of nitrogens with zero attached hydrogens (tertiary/aromatic N) is 4. The molecule has 1 N–H and O–H groups in total. The average molecular weight is 479 g/mol. The highest BCUT2D eigenvalue weighted by molar-refractivity contribution is 7.13. The molecule has 4 rings (SSSR count). The fourth-order valence-corrected chi connectivity index (χ4v) is 5.42. The largest absolute Gasteiger partial charge is 0.391 e. The van der Waals surface area contributed by atoms with Gasteiger partial charge in [0.15, 0.2) is 5.78 Å². The molecule has 0 bridgehead atoms. The molecule has 1 aliphatic heterocycles. The van der Waals surface area contributed by atoms with Crippen molar-refractivity contribution in [2.75, 3.05) is 6.54 Å². The van der Waals surface area contributed by atoms with Gasteiger partial charge in [-0.25, -0.2) is 4.98 Å². The van der Waals surface area contributed by atoms with E-state index in [1.165, 1.54) is 0 Å². The number of aliphatic hydroxyl groups excluding tert-OH is 1. The predicted molar refractivity (Wildman–Crippen MR) is 131 cm³/mol. The second-order valence-electron chi connectivity index (χ2n) is 9.20. The number of hydrogen-bond donors (Lipinski definition) is 1.